The quantitative estimate of drug-likeness (QED) is 0.465. The van der Waals surface area contributed by atoms with Crippen molar-refractivity contribution in [1.29, 1.82) is 0 Å². The highest BCUT2D eigenvalue weighted by molar-refractivity contribution is 5.98. The Balaban J connectivity index is 1.22. The number of aromatic nitrogens is 3. The molecule has 1 fully saturated rings. The molecule has 0 radical (unpaired) electrons. The van der Waals surface area contributed by atoms with Crippen LogP contribution in [0.4, 0.5) is 5.69 Å². The van der Waals surface area contributed by atoms with Gasteiger partial charge in [-0.25, -0.2) is 4.68 Å². The maximum Gasteiger partial charge on any atom is 0.259 e. The number of amides is 2. The summed E-state index contributed by atoms with van der Waals surface area (Å²) in [6, 6.07) is 18.9. The van der Waals surface area contributed by atoms with Crippen LogP contribution in [0.2, 0.25) is 0 Å². The van der Waals surface area contributed by atoms with E-state index in [1.54, 1.807) is 34.0 Å². The van der Waals surface area contributed by atoms with Crippen LogP contribution < -0.4 is 14.8 Å². The summed E-state index contributed by atoms with van der Waals surface area (Å²) in [5.74, 6) is 1.38. The van der Waals surface area contributed by atoms with Crippen molar-refractivity contribution < 1.29 is 19.1 Å². The smallest absolute Gasteiger partial charge is 0.259 e. The number of nitrogens with one attached hydrogen (secondary N) is 1. The first-order chi connectivity index (χ1) is 17.7. The molecule has 36 heavy (non-hydrogen) atoms. The molecule has 2 aromatic heterocycles. The standard InChI is InChI=1S/C27H25N5O4/c33-25(29-20-10-11-23-24(15-20)36-18-35-23)19-7-6-14-31(17-19)27(34)22-16-28-32(21-8-2-1-3-9-21)26(22)30-12-4-5-13-30/h1-5,8-13,15-16,19H,6-7,14,17-18H2,(H,29,33). The van der Waals surface area contributed by atoms with Gasteiger partial charge in [0.25, 0.3) is 5.91 Å². The molecule has 4 heterocycles. The van der Waals surface area contributed by atoms with E-state index in [0.717, 1.165) is 12.1 Å². The molecule has 2 amide bonds. The molecule has 0 saturated carbocycles. The fourth-order valence-electron chi connectivity index (χ4n) is 4.74. The van der Waals surface area contributed by atoms with E-state index in [4.69, 9.17) is 9.47 Å². The molecule has 9 nitrogen and oxygen atoms in total. The lowest BCUT2D eigenvalue weighted by molar-refractivity contribution is -0.121. The summed E-state index contributed by atoms with van der Waals surface area (Å²) in [5, 5.41) is 7.51. The molecule has 1 saturated heterocycles. The zero-order valence-corrected chi connectivity index (χ0v) is 19.5. The van der Waals surface area contributed by atoms with Crippen LogP contribution in [0.1, 0.15) is 23.2 Å². The van der Waals surface area contributed by atoms with Crippen molar-refractivity contribution >= 4 is 17.5 Å². The minimum Gasteiger partial charge on any atom is -0.454 e. The second-order valence-corrected chi connectivity index (χ2v) is 8.87. The van der Waals surface area contributed by atoms with Crippen molar-refractivity contribution in [3.05, 3.63) is 84.8 Å². The summed E-state index contributed by atoms with van der Waals surface area (Å²) in [6.45, 7) is 1.11. The van der Waals surface area contributed by atoms with E-state index in [2.05, 4.69) is 10.4 Å². The lowest BCUT2D eigenvalue weighted by Gasteiger charge is -2.32. The second-order valence-electron chi connectivity index (χ2n) is 8.87. The Labute approximate surface area is 207 Å². The van der Waals surface area contributed by atoms with Crippen LogP contribution in [0.5, 0.6) is 11.5 Å². The van der Waals surface area contributed by atoms with Crippen LogP contribution in [0.15, 0.2) is 79.3 Å². The molecule has 1 unspecified atom stereocenters. The molecule has 1 atom stereocenters. The van der Waals surface area contributed by atoms with Gasteiger partial charge >= 0.3 is 0 Å². The maximum atomic E-state index is 13.7. The van der Waals surface area contributed by atoms with E-state index in [1.807, 2.05) is 59.4 Å². The predicted octanol–water partition coefficient (Wildman–Crippen LogP) is 3.88. The van der Waals surface area contributed by atoms with Crippen LogP contribution in [-0.2, 0) is 4.79 Å². The van der Waals surface area contributed by atoms with Gasteiger partial charge in [0, 0.05) is 37.2 Å². The first-order valence-electron chi connectivity index (χ1n) is 11.9. The maximum absolute atomic E-state index is 13.7. The van der Waals surface area contributed by atoms with E-state index in [9.17, 15) is 9.59 Å². The summed E-state index contributed by atoms with van der Waals surface area (Å²) in [5.41, 5.74) is 2.00. The number of benzene rings is 2. The number of anilines is 1. The normalized spacial score (nSPS) is 16.7. The second kappa shape index (κ2) is 9.26. The molecular weight excluding hydrogens is 458 g/mol. The number of ether oxygens (including phenoxy) is 2. The largest absolute Gasteiger partial charge is 0.454 e. The van der Waals surface area contributed by atoms with E-state index >= 15 is 0 Å². The van der Waals surface area contributed by atoms with Gasteiger partial charge in [0.15, 0.2) is 17.3 Å². The van der Waals surface area contributed by atoms with Crippen molar-refractivity contribution in [3.63, 3.8) is 0 Å². The monoisotopic (exact) mass is 483 g/mol. The Morgan fingerprint density at radius 3 is 2.61 bits per heavy atom. The van der Waals surface area contributed by atoms with Crippen molar-refractivity contribution in [3.8, 4) is 23.0 Å². The zero-order chi connectivity index (χ0) is 24.5. The van der Waals surface area contributed by atoms with E-state index in [-0.39, 0.29) is 24.5 Å². The third-order valence-electron chi connectivity index (χ3n) is 6.54. The summed E-state index contributed by atoms with van der Waals surface area (Å²) < 4.78 is 14.4. The highest BCUT2D eigenvalue weighted by Crippen LogP contribution is 2.34. The van der Waals surface area contributed by atoms with Gasteiger partial charge < -0.3 is 24.3 Å². The molecule has 182 valence electrons. The van der Waals surface area contributed by atoms with Crippen LogP contribution in [0.3, 0.4) is 0 Å². The fourth-order valence-corrected chi connectivity index (χ4v) is 4.74. The number of carbonyl (C=O) groups excluding carboxylic acids is 2. The van der Waals surface area contributed by atoms with Crippen LogP contribution >= 0.6 is 0 Å². The number of para-hydroxylation sites is 1. The topological polar surface area (TPSA) is 90.6 Å². The van der Waals surface area contributed by atoms with Gasteiger partial charge in [-0.2, -0.15) is 5.10 Å². The van der Waals surface area contributed by atoms with Gasteiger partial charge in [-0.15, -0.1) is 0 Å². The number of piperidine rings is 1. The molecule has 4 aromatic rings. The molecular formula is C27H25N5O4. The third kappa shape index (κ3) is 4.08. The van der Waals surface area contributed by atoms with Crippen molar-refractivity contribution in [2.75, 3.05) is 25.2 Å². The number of hydrogen-bond donors (Lipinski definition) is 1. The zero-order valence-electron chi connectivity index (χ0n) is 19.5. The minimum atomic E-state index is -0.313. The van der Waals surface area contributed by atoms with Gasteiger partial charge in [-0.05, 0) is 49.2 Å². The lowest BCUT2D eigenvalue weighted by atomic mass is 9.96. The summed E-state index contributed by atoms with van der Waals surface area (Å²) >= 11 is 0. The minimum absolute atomic E-state index is 0.114. The Morgan fingerprint density at radius 1 is 0.972 bits per heavy atom. The average molecular weight is 484 g/mol. The van der Waals surface area contributed by atoms with Gasteiger partial charge in [0.2, 0.25) is 12.7 Å². The predicted molar refractivity (Wildman–Crippen MR) is 133 cm³/mol. The molecule has 0 bridgehead atoms. The summed E-state index contributed by atoms with van der Waals surface area (Å²) in [6.07, 6.45) is 6.86. The molecule has 6 rings (SSSR count). The van der Waals surface area contributed by atoms with E-state index < -0.39 is 0 Å². The Hall–Kier alpha value is -4.53. The number of likely N-dealkylation sites (tertiary alicyclic amines) is 1. The van der Waals surface area contributed by atoms with Crippen molar-refractivity contribution in [1.82, 2.24) is 19.2 Å². The van der Waals surface area contributed by atoms with Gasteiger partial charge in [-0.3, -0.25) is 9.59 Å². The summed E-state index contributed by atoms with van der Waals surface area (Å²) in [4.78, 5) is 28.5. The lowest BCUT2D eigenvalue weighted by Crippen LogP contribution is -2.44. The van der Waals surface area contributed by atoms with Crippen LogP contribution in [-0.4, -0.2) is 50.9 Å². The van der Waals surface area contributed by atoms with Crippen LogP contribution in [0.25, 0.3) is 11.5 Å². The summed E-state index contributed by atoms with van der Waals surface area (Å²) in [7, 11) is 0. The van der Waals surface area contributed by atoms with Gasteiger partial charge in [-0.1, -0.05) is 18.2 Å². The highest BCUT2D eigenvalue weighted by Gasteiger charge is 2.32. The Kier molecular flexibility index (Phi) is 5.65. The number of rotatable bonds is 5. The first kappa shape index (κ1) is 22.0. The number of fused-ring (bicyclic) bond motifs is 1. The van der Waals surface area contributed by atoms with Crippen LogP contribution in [0, 0.1) is 5.92 Å². The first-order valence-corrected chi connectivity index (χ1v) is 11.9. The number of hydrogen-bond acceptors (Lipinski definition) is 5. The molecule has 1 N–H and O–H groups in total. The van der Waals surface area contributed by atoms with Gasteiger partial charge in [0.1, 0.15) is 5.56 Å². The SMILES string of the molecule is O=C(Nc1ccc2c(c1)OCO2)C1CCCN(C(=O)c2cnn(-c3ccccc3)c2-n2cccc2)C1. The van der Waals surface area contributed by atoms with Crippen molar-refractivity contribution in [2.45, 2.75) is 12.8 Å². The molecule has 2 aliphatic heterocycles. The molecule has 0 spiro atoms. The highest BCUT2D eigenvalue weighted by atomic mass is 16.7. The third-order valence-corrected chi connectivity index (χ3v) is 6.54. The Bertz CT molecular complexity index is 1400. The molecule has 2 aliphatic rings. The molecule has 0 aliphatic carbocycles. The fraction of sp³-hybridized carbons (Fsp3) is 0.222. The van der Waals surface area contributed by atoms with E-state index in [0.29, 0.717) is 48.1 Å². The van der Waals surface area contributed by atoms with Crippen molar-refractivity contribution in [2.24, 2.45) is 5.92 Å². The number of nitrogens with zero attached hydrogens (tertiary/aromatic N) is 4. The Morgan fingerprint density at radius 2 is 1.78 bits per heavy atom. The molecule has 9 heteroatoms. The average Bonchev–Trinajstić information content (AvgIpc) is 3.69. The molecule has 2 aromatic carbocycles. The van der Waals surface area contributed by atoms with Gasteiger partial charge in [0.05, 0.1) is 17.8 Å². The number of carbonyl (C=O) groups is 2. The van der Waals surface area contributed by atoms with E-state index in [1.165, 1.54) is 0 Å².